The van der Waals surface area contributed by atoms with E-state index < -0.39 is 16.3 Å². The molecule has 0 unspecified atom stereocenters. The Morgan fingerprint density at radius 2 is 1.76 bits per heavy atom. The van der Waals surface area contributed by atoms with Crippen LogP contribution in [0.1, 0.15) is 19.3 Å². The second kappa shape index (κ2) is 7.79. The van der Waals surface area contributed by atoms with E-state index in [-0.39, 0.29) is 10.9 Å². The number of methoxy groups -OCH3 is 2. The number of nitrogens with zero attached hydrogens (tertiary/aromatic N) is 1. The normalized spacial score (nSPS) is 22.9. The van der Waals surface area contributed by atoms with Crippen molar-refractivity contribution in [2.45, 2.75) is 36.5 Å². The van der Waals surface area contributed by atoms with Crippen LogP contribution in [0.5, 0.6) is 11.5 Å². The maximum Gasteiger partial charge on any atom is 0.244 e. The third-order valence-electron chi connectivity index (χ3n) is 4.48. The zero-order valence-electron chi connectivity index (χ0n) is 14.2. The fourth-order valence-corrected chi connectivity index (χ4v) is 5.94. The summed E-state index contributed by atoms with van der Waals surface area (Å²) in [6.07, 6.45) is 1.98. The maximum atomic E-state index is 13.3. The van der Waals surface area contributed by atoms with Gasteiger partial charge in [-0.05, 0) is 34.8 Å². The largest absolute Gasteiger partial charge is 0.493 e. The standard InChI is InChI=1S/C16H22BrNO6S/c1-21-13-9-11(17)15(10-14(13)22-2)25(19,20)18-6-4-3-5-12(18)16-23-7-8-24-16/h9-10,12,16H,3-8H2,1-2H3/t12-/m0/s1. The number of ether oxygens (including phenoxy) is 4. The minimum atomic E-state index is -3.75. The predicted octanol–water partition coefficient (Wildman–Crippen LogP) is 2.38. The highest BCUT2D eigenvalue weighted by Gasteiger charge is 2.41. The summed E-state index contributed by atoms with van der Waals surface area (Å²) >= 11 is 3.35. The zero-order valence-corrected chi connectivity index (χ0v) is 16.6. The number of piperidine rings is 1. The average molecular weight is 436 g/mol. The van der Waals surface area contributed by atoms with Crippen molar-refractivity contribution in [3.05, 3.63) is 16.6 Å². The Balaban J connectivity index is 1.99. The topological polar surface area (TPSA) is 74.3 Å². The average Bonchev–Trinajstić information content (AvgIpc) is 3.15. The van der Waals surface area contributed by atoms with Crippen molar-refractivity contribution in [3.8, 4) is 11.5 Å². The van der Waals surface area contributed by atoms with Gasteiger partial charge >= 0.3 is 0 Å². The second-order valence-corrected chi connectivity index (χ2v) is 8.64. The van der Waals surface area contributed by atoms with Crippen LogP contribution in [0, 0.1) is 0 Å². The van der Waals surface area contributed by atoms with Crippen molar-refractivity contribution < 1.29 is 27.4 Å². The molecule has 0 saturated carbocycles. The maximum absolute atomic E-state index is 13.3. The number of benzene rings is 1. The van der Waals surface area contributed by atoms with Crippen LogP contribution < -0.4 is 9.47 Å². The summed E-state index contributed by atoms with van der Waals surface area (Å²) in [4.78, 5) is 0.148. The molecule has 1 aromatic carbocycles. The van der Waals surface area contributed by atoms with Crippen LogP contribution in [0.15, 0.2) is 21.5 Å². The van der Waals surface area contributed by atoms with Crippen LogP contribution in [-0.2, 0) is 19.5 Å². The van der Waals surface area contributed by atoms with E-state index in [0.29, 0.717) is 35.7 Å². The van der Waals surface area contributed by atoms with Gasteiger partial charge < -0.3 is 18.9 Å². The minimum Gasteiger partial charge on any atom is -0.493 e. The third-order valence-corrected chi connectivity index (χ3v) is 7.37. The van der Waals surface area contributed by atoms with Crippen molar-refractivity contribution in [1.82, 2.24) is 4.31 Å². The van der Waals surface area contributed by atoms with E-state index in [1.165, 1.54) is 24.6 Å². The van der Waals surface area contributed by atoms with Crippen molar-refractivity contribution >= 4 is 26.0 Å². The van der Waals surface area contributed by atoms with Gasteiger partial charge in [0.15, 0.2) is 17.8 Å². The monoisotopic (exact) mass is 435 g/mol. The highest BCUT2D eigenvalue weighted by atomic mass is 79.9. The minimum absolute atomic E-state index is 0.148. The summed E-state index contributed by atoms with van der Waals surface area (Å²) in [5, 5.41) is 0. The van der Waals surface area contributed by atoms with Crippen LogP contribution >= 0.6 is 15.9 Å². The summed E-state index contributed by atoms with van der Waals surface area (Å²) in [5.41, 5.74) is 0. The van der Waals surface area contributed by atoms with Gasteiger partial charge in [0.05, 0.1) is 33.5 Å². The van der Waals surface area contributed by atoms with Crippen molar-refractivity contribution in [2.75, 3.05) is 34.0 Å². The van der Waals surface area contributed by atoms with Gasteiger partial charge in [0.2, 0.25) is 10.0 Å². The molecule has 2 saturated heterocycles. The van der Waals surface area contributed by atoms with E-state index in [4.69, 9.17) is 18.9 Å². The smallest absolute Gasteiger partial charge is 0.244 e. The molecule has 0 radical (unpaired) electrons. The third kappa shape index (κ3) is 3.66. The van der Waals surface area contributed by atoms with E-state index in [1.54, 1.807) is 6.07 Å². The molecule has 140 valence electrons. The molecule has 9 heteroatoms. The summed E-state index contributed by atoms with van der Waals surface area (Å²) < 4.78 is 50.2. The van der Waals surface area contributed by atoms with Crippen LogP contribution in [0.2, 0.25) is 0 Å². The zero-order chi connectivity index (χ0) is 18.0. The molecular formula is C16H22BrNO6S. The van der Waals surface area contributed by atoms with Gasteiger partial charge in [-0.3, -0.25) is 0 Å². The molecule has 0 N–H and O–H groups in total. The quantitative estimate of drug-likeness (QED) is 0.706. The Morgan fingerprint density at radius 3 is 2.40 bits per heavy atom. The molecule has 2 aliphatic heterocycles. The van der Waals surface area contributed by atoms with E-state index in [9.17, 15) is 8.42 Å². The summed E-state index contributed by atoms with van der Waals surface area (Å²) in [6.45, 7) is 1.43. The first kappa shape index (κ1) is 18.9. The molecule has 0 aliphatic carbocycles. The number of rotatable bonds is 5. The highest BCUT2D eigenvalue weighted by molar-refractivity contribution is 9.10. The molecule has 2 aliphatic rings. The second-order valence-electron chi connectivity index (χ2n) is 5.93. The molecule has 0 bridgehead atoms. The van der Waals surface area contributed by atoms with E-state index in [1.807, 2.05) is 0 Å². The molecule has 1 atom stereocenters. The van der Waals surface area contributed by atoms with E-state index in [2.05, 4.69) is 15.9 Å². The van der Waals surface area contributed by atoms with Crippen LogP contribution in [0.25, 0.3) is 0 Å². The first-order chi connectivity index (χ1) is 12.0. The Labute approximate surface area is 156 Å². The highest BCUT2D eigenvalue weighted by Crippen LogP contribution is 2.38. The molecule has 1 aromatic rings. The van der Waals surface area contributed by atoms with Crippen LogP contribution in [0.4, 0.5) is 0 Å². The number of hydrogen-bond donors (Lipinski definition) is 0. The summed E-state index contributed by atoms with van der Waals surface area (Å²) in [5.74, 6) is 0.831. The number of halogens is 1. The molecule has 0 aromatic heterocycles. The molecule has 2 heterocycles. The lowest BCUT2D eigenvalue weighted by Gasteiger charge is -2.37. The SMILES string of the molecule is COc1cc(Br)c(S(=O)(=O)N2CCCC[C@H]2C2OCCO2)cc1OC. The summed E-state index contributed by atoms with van der Waals surface area (Å²) in [7, 11) is -0.760. The van der Waals surface area contributed by atoms with Crippen LogP contribution in [0.3, 0.4) is 0 Å². The lowest BCUT2D eigenvalue weighted by atomic mass is 10.0. The molecule has 3 rings (SSSR count). The van der Waals surface area contributed by atoms with Gasteiger partial charge in [-0.15, -0.1) is 0 Å². The molecule has 25 heavy (non-hydrogen) atoms. The fourth-order valence-electron chi connectivity index (χ4n) is 3.26. The van der Waals surface area contributed by atoms with Gasteiger partial charge in [0.1, 0.15) is 4.90 Å². The number of hydrogen-bond acceptors (Lipinski definition) is 6. The Morgan fingerprint density at radius 1 is 1.12 bits per heavy atom. The molecule has 7 nitrogen and oxygen atoms in total. The first-order valence-corrected chi connectivity index (χ1v) is 10.4. The lowest BCUT2D eigenvalue weighted by molar-refractivity contribution is -0.0913. The Kier molecular flexibility index (Phi) is 5.89. The van der Waals surface area contributed by atoms with Gasteiger partial charge in [-0.25, -0.2) is 8.42 Å². The molecule has 2 fully saturated rings. The van der Waals surface area contributed by atoms with Gasteiger partial charge in [0, 0.05) is 17.1 Å². The molecule has 0 amide bonds. The van der Waals surface area contributed by atoms with E-state index >= 15 is 0 Å². The molecular weight excluding hydrogens is 414 g/mol. The van der Waals surface area contributed by atoms with Gasteiger partial charge in [-0.2, -0.15) is 4.31 Å². The fraction of sp³-hybridized carbons (Fsp3) is 0.625. The van der Waals surface area contributed by atoms with Crippen molar-refractivity contribution in [2.24, 2.45) is 0 Å². The van der Waals surface area contributed by atoms with Gasteiger partial charge in [0.25, 0.3) is 0 Å². The lowest BCUT2D eigenvalue weighted by Crippen LogP contribution is -2.50. The predicted molar refractivity (Wildman–Crippen MR) is 94.5 cm³/mol. The van der Waals surface area contributed by atoms with Crippen molar-refractivity contribution in [3.63, 3.8) is 0 Å². The van der Waals surface area contributed by atoms with Crippen LogP contribution in [-0.4, -0.2) is 59.0 Å². The number of sulfonamides is 1. The van der Waals surface area contributed by atoms with E-state index in [0.717, 1.165) is 19.3 Å². The van der Waals surface area contributed by atoms with Gasteiger partial charge in [-0.1, -0.05) is 6.42 Å². The summed E-state index contributed by atoms with van der Waals surface area (Å²) in [6, 6.07) is 2.77. The first-order valence-electron chi connectivity index (χ1n) is 8.15. The van der Waals surface area contributed by atoms with Crippen molar-refractivity contribution in [1.29, 1.82) is 0 Å². The Bertz CT molecular complexity index is 720. The molecule has 0 spiro atoms. The Hall–Kier alpha value is -0.870.